The van der Waals surface area contributed by atoms with Crippen LogP contribution in [0.5, 0.6) is 11.8 Å². The average molecular weight is 416 g/mol. The van der Waals surface area contributed by atoms with Gasteiger partial charge in [-0.1, -0.05) is 0 Å². The number of pyridine rings is 2. The number of nitrogens with zero attached hydrogens (tertiary/aromatic N) is 6. The summed E-state index contributed by atoms with van der Waals surface area (Å²) in [6.07, 6.45) is 3.13. The van der Waals surface area contributed by atoms with Crippen molar-refractivity contribution in [3.8, 4) is 17.4 Å². The third-order valence-corrected chi connectivity index (χ3v) is 5.37. The van der Waals surface area contributed by atoms with E-state index in [-0.39, 0.29) is 5.69 Å². The molecular formula is C22H20N6O3. The quantitative estimate of drug-likeness (QED) is 0.332. The number of aromatic nitrogens is 6. The summed E-state index contributed by atoms with van der Waals surface area (Å²) in [7, 11) is 1.83. The minimum absolute atomic E-state index is 0.258. The highest BCUT2D eigenvalue weighted by atomic mass is 16.5. The number of rotatable bonds is 4. The van der Waals surface area contributed by atoms with Crippen LogP contribution in [0.2, 0.25) is 0 Å². The van der Waals surface area contributed by atoms with Crippen molar-refractivity contribution in [1.82, 2.24) is 23.7 Å². The number of ether oxygens (including phenoxy) is 1. The van der Waals surface area contributed by atoms with Crippen molar-refractivity contribution in [2.24, 2.45) is 7.05 Å². The average Bonchev–Trinajstić information content (AvgIpc) is 3.26. The first kappa shape index (κ1) is 18.9. The zero-order valence-corrected chi connectivity index (χ0v) is 17.3. The van der Waals surface area contributed by atoms with Gasteiger partial charge in [0.25, 0.3) is 0 Å². The van der Waals surface area contributed by atoms with Crippen LogP contribution in [0, 0.1) is 12.1 Å². The molecule has 9 nitrogen and oxygen atoms in total. The Balaban J connectivity index is 1.57. The van der Waals surface area contributed by atoms with Gasteiger partial charge in [0.2, 0.25) is 0 Å². The van der Waals surface area contributed by atoms with Gasteiger partial charge >= 0.3 is 17.3 Å². The SMILES string of the molecule is CCn1c(=O)n(-c2ccc(Oc3nc4cccnc4n3C)cc2)c2c1c(C)cc[n+]2[O-]. The summed E-state index contributed by atoms with van der Waals surface area (Å²) in [5.41, 5.74) is 3.60. The fraction of sp³-hybridized carbons (Fsp3) is 0.182. The van der Waals surface area contributed by atoms with E-state index in [0.29, 0.717) is 35.2 Å². The lowest BCUT2D eigenvalue weighted by Crippen LogP contribution is -2.30. The topological polar surface area (TPSA) is 93.8 Å². The number of aryl methyl sites for hydroxylation is 3. The van der Waals surface area contributed by atoms with Gasteiger partial charge in [-0.05, 0) is 61.9 Å². The van der Waals surface area contributed by atoms with Crippen LogP contribution in [0.4, 0.5) is 0 Å². The minimum Gasteiger partial charge on any atom is -0.711 e. The lowest BCUT2D eigenvalue weighted by Gasteiger charge is -2.07. The third kappa shape index (κ3) is 2.85. The largest absolute Gasteiger partial charge is 0.711 e. The maximum absolute atomic E-state index is 13.1. The normalized spacial score (nSPS) is 11.5. The van der Waals surface area contributed by atoms with Crippen LogP contribution in [0.3, 0.4) is 0 Å². The lowest BCUT2D eigenvalue weighted by atomic mass is 10.2. The fourth-order valence-corrected chi connectivity index (χ4v) is 3.84. The van der Waals surface area contributed by atoms with Crippen molar-refractivity contribution >= 4 is 22.3 Å². The Bertz CT molecular complexity index is 1490. The molecule has 0 saturated heterocycles. The molecule has 0 aliphatic heterocycles. The molecule has 0 radical (unpaired) electrons. The van der Waals surface area contributed by atoms with Gasteiger partial charge in [0, 0.05) is 19.8 Å². The van der Waals surface area contributed by atoms with E-state index in [1.54, 1.807) is 45.7 Å². The Morgan fingerprint density at radius 3 is 2.65 bits per heavy atom. The molecule has 5 aromatic rings. The molecule has 0 unspecified atom stereocenters. The summed E-state index contributed by atoms with van der Waals surface area (Å²) < 4.78 is 11.5. The molecule has 5 rings (SSSR count). The molecule has 9 heteroatoms. The number of hydrogen-bond donors (Lipinski definition) is 0. The molecule has 156 valence electrons. The summed E-state index contributed by atoms with van der Waals surface area (Å²) >= 11 is 0. The highest BCUT2D eigenvalue weighted by molar-refractivity contribution is 5.75. The number of benzene rings is 1. The van der Waals surface area contributed by atoms with Crippen molar-refractivity contribution < 1.29 is 9.47 Å². The highest BCUT2D eigenvalue weighted by Gasteiger charge is 2.24. The van der Waals surface area contributed by atoms with Gasteiger partial charge in [0.1, 0.15) is 22.5 Å². The van der Waals surface area contributed by atoms with Crippen LogP contribution >= 0.6 is 0 Å². The van der Waals surface area contributed by atoms with Crippen LogP contribution in [0.1, 0.15) is 12.5 Å². The second-order valence-electron chi connectivity index (χ2n) is 7.25. The van der Waals surface area contributed by atoms with E-state index in [1.807, 2.05) is 33.0 Å². The van der Waals surface area contributed by atoms with Gasteiger partial charge in [-0.2, -0.15) is 4.98 Å². The first-order chi connectivity index (χ1) is 15.0. The second kappa shape index (κ2) is 6.98. The molecule has 0 fully saturated rings. The van der Waals surface area contributed by atoms with Gasteiger partial charge in [0.15, 0.2) is 5.65 Å². The van der Waals surface area contributed by atoms with E-state index in [0.717, 1.165) is 21.5 Å². The molecule has 0 amide bonds. The summed E-state index contributed by atoms with van der Waals surface area (Å²) in [6.45, 7) is 4.24. The van der Waals surface area contributed by atoms with Crippen LogP contribution in [-0.2, 0) is 13.6 Å². The number of imidazole rings is 2. The van der Waals surface area contributed by atoms with E-state index >= 15 is 0 Å². The third-order valence-electron chi connectivity index (χ3n) is 5.37. The molecule has 31 heavy (non-hydrogen) atoms. The standard InChI is InChI=1S/C22H20N6O3/c1-4-26-18-14(2)11-13-27(30)20(18)28(22(26)29)15-7-9-16(10-8-15)31-21-24-17-6-5-12-23-19(17)25(21)3/h5-13H,4H2,1-3H3. The Morgan fingerprint density at radius 1 is 1.16 bits per heavy atom. The van der Waals surface area contributed by atoms with E-state index in [2.05, 4.69) is 9.97 Å². The molecule has 0 aliphatic rings. The van der Waals surface area contributed by atoms with E-state index in [1.165, 1.54) is 10.8 Å². The van der Waals surface area contributed by atoms with Gasteiger partial charge in [-0.3, -0.25) is 9.13 Å². The van der Waals surface area contributed by atoms with Gasteiger partial charge in [-0.15, -0.1) is 4.57 Å². The fourth-order valence-electron chi connectivity index (χ4n) is 3.84. The second-order valence-corrected chi connectivity index (χ2v) is 7.25. The lowest BCUT2D eigenvalue weighted by molar-refractivity contribution is -0.579. The molecule has 0 saturated carbocycles. The summed E-state index contributed by atoms with van der Waals surface area (Å²) in [5, 5.41) is 12.5. The number of fused-ring (bicyclic) bond motifs is 2. The molecule has 0 bridgehead atoms. The zero-order chi connectivity index (χ0) is 21.7. The Hall–Kier alpha value is -4.14. The van der Waals surface area contributed by atoms with Crippen molar-refractivity contribution in [3.63, 3.8) is 0 Å². The molecule has 0 N–H and O–H groups in total. The first-order valence-corrected chi connectivity index (χ1v) is 9.89. The zero-order valence-electron chi connectivity index (χ0n) is 17.3. The Labute approximate surface area is 177 Å². The summed E-state index contributed by atoms with van der Waals surface area (Å²) in [4.78, 5) is 21.8. The molecular weight excluding hydrogens is 396 g/mol. The molecule has 0 aliphatic carbocycles. The van der Waals surface area contributed by atoms with Crippen LogP contribution in [-0.4, -0.2) is 23.7 Å². The minimum atomic E-state index is -0.258. The van der Waals surface area contributed by atoms with Crippen LogP contribution < -0.4 is 15.2 Å². The molecule has 4 aromatic heterocycles. The Kier molecular flexibility index (Phi) is 4.25. The molecule has 4 heterocycles. The molecule has 0 spiro atoms. The van der Waals surface area contributed by atoms with Crippen molar-refractivity contribution in [1.29, 1.82) is 0 Å². The van der Waals surface area contributed by atoms with E-state index in [4.69, 9.17) is 4.74 Å². The van der Waals surface area contributed by atoms with Crippen LogP contribution in [0.25, 0.3) is 28.0 Å². The van der Waals surface area contributed by atoms with Crippen molar-refractivity contribution in [2.45, 2.75) is 20.4 Å². The summed E-state index contributed by atoms with van der Waals surface area (Å²) in [5.74, 6) is 0.556. The molecule has 1 aromatic carbocycles. The van der Waals surface area contributed by atoms with Crippen molar-refractivity contribution in [3.05, 3.63) is 76.1 Å². The summed E-state index contributed by atoms with van der Waals surface area (Å²) in [6, 6.07) is 12.8. The van der Waals surface area contributed by atoms with Gasteiger partial charge in [0.05, 0.1) is 6.20 Å². The Morgan fingerprint density at radius 2 is 1.94 bits per heavy atom. The van der Waals surface area contributed by atoms with Gasteiger partial charge in [-0.25, -0.2) is 14.5 Å². The maximum atomic E-state index is 13.1. The highest BCUT2D eigenvalue weighted by Crippen LogP contribution is 2.25. The predicted octanol–water partition coefficient (Wildman–Crippen LogP) is 2.83. The van der Waals surface area contributed by atoms with E-state index < -0.39 is 0 Å². The molecule has 0 atom stereocenters. The maximum Gasteiger partial charge on any atom is 0.421 e. The van der Waals surface area contributed by atoms with Crippen molar-refractivity contribution in [2.75, 3.05) is 0 Å². The van der Waals surface area contributed by atoms with E-state index in [9.17, 15) is 10.0 Å². The van der Waals surface area contributed by atoms with Crippen LogP contribution in [0.15, 0.2) is 59.7 Å². The predicted molar refractivity (Wildman–Crippen MR) is 115 cm³/mol. The first-order valence-electron chi connectivity index (χ1n) is 9.89. The smallest absolute Gasteiger partial charge is 0.421 e. The monoisotopic (exact) mass is 416 g/mol. The van der Waals surface area contributed by atoms with Gasteiger partial charge < -0.3 is 9.94 Å². The number of hydrogen-bond acceptors (Lipinski definition) is 5.